The van der Waals surface area contributed by atoms with Gasteiger partial charge in [-0.05, 0) is 6.07 Å². The van der Waals surface area contributed by atoms with Gasteiger partial charge in [-0.1, -0.05) is 6.92 Å². The van der Waals surface area contributed by atoms with Crippen LogP contribution in [0.15, 0.2) is 23.1 Å². The zero-order chi connectivity index (χ0) is 14.5. The molecule has 1 heterocycles. The highest BCUT2D eigenvalue weighted by atomic mass is 32.2. The van der Waals surface area contributed by atoms with E-state index in [9.17, 15) is 18.0 Å². The Morgan fingerprint density at radius 2 is 2.11 bits per heavy atom. The molecule has 8 heteroatoms. The second kappa shape index (κ2) is 6.37. The first-order chi connectivity index (χ1) is 8.84. The van der Waals surface area contributed by atoms with Crippen molar-refractivity contribution in [3.63, 3.8) is 0 Å². The number of nitrogens with two attached hydrogens (primary N) is 1. The van der Waals surface area contributed by atoms with Crippen LogP contribution in [0.2, 0.25) is 0 Å². The number of anilines is 1. The van der Waals surface area contributed by atoms with Gasteiger partial charge in [-0.15, -0.1) is 0 Å². The maximum absolute atomic E-state index is 11.5. The molecule has 0 aliphatic carbocycles. The molecule has 7 nitrogen and oxygen atoms in total. The van der Waals surface area contributed by atoms with Gasteiger partial charge in [0.15, 0.2) is 9.84 Å². The molecule has 1 aromatic heterocycles. The predicted molar refractivity (Wildman–Crippen MR) is 72.5 cm³/mol. The smallest absolute Gasteiger partial charge is 0.251 e. The molecule has 0 spiro atoms. The van der Waals surface area contributed by atoms with Gasteiger partial charge >= 0.3 is 0 Å². The van der Waals surface area contributed by atoms with Gasteiger partial charge in [-0.2, -0.15) is 0 Å². The minimum atomic E-state index is -3.11. The molecule has 0 aliphatic rings. The van der Waals surface area contributed by atoms with E-state index in [2.05, 4.69) is 5.32 Å². The summed E-state index contributed by atoms with van der Waals surface area (Å²) in [4.78, 5) is 23.0. The monoisotopic (exact) mass is 287 g/mol. The fourth-order valence-corrected chi connectivity index (χ4v) is 2.08. The van der Waals surface area contributed by atoms with Gasteiger partial charge < -0.3 is 15.6 Å². The van der Waals surface area contributed by atoms with Gasteiger partial charge in [0.1, 0.15) is 6.54 Å². The number of nitrogens with zero attached hydrogens (tertiary/aromatic N) is 1. The summed E-state index contributed by atoms with van der Waals surface area (Å²) in [6.45, 7) is 1.39. The predicted octanol–water partition coefficient (Wildman–Crippen LogP) is -1.02. The van der Waals surface area contributed by atoms with Gasteiger partial charge in [0, 0.05) is 30.2 Å². The lowest BCUT2D eigenvalue weighted by Crippen LogP contribution is -2.34. The Kier molecular flexibility index (Phi) is 5.11. The summed E-state index contributed by atoms with van der Waals surface area (Å²) in [6.07, 6.45) is 1.37. The van der Waals surface area contributed by atoms with Gasteiger partial charge in [-0.25, -0.2) is 8.42 Å². The van der Waals surface area contributed by atoms with E-state index in [4.69, 9.17) is 5.73 Å². The zero-order valence-electron chi connectivity index (χ0n) is 10.6. The van der Waals surface area contributed by atoms with E-state index in [0.717, 1.165) is 0 Å². The van der Waals surface area contributed by atoms with Crippen molar-refractivity contribution in [1.82, 2.24) is 9.88 Å². The van der Waals surface area contributed by atoms with Crippen LogP contribution < -0.4 is 16.6 Å². The lowest BCUT2D eigenvalue weighted by Gasteiger charge is -2.07. The second-order valence-corrected chi connectivity index (χ2v) is 6.49. The van der Waals surface area contributed by atoms with Crippen molar-refractivity contribution in [1.29, 1.82) is 0 Å². The number of aromatic nitrogens is 1. The molecule has 19 heavy (non-hydrogen) atoms. The fourth-order valence-electron chi connectivity index (χ4n) is 1.37. The minimum absolute atomic E-state index is 0.0338. The molecule has 0 saturated carbocycles. The van der Waals surface area contributed by atoms with Crippen LogP contribution in [0.4, 0.5) is 5.69 Å². The Morgan fingerprint density at radius 1 is 1.42 bits per heavy atom. The van der Waals surface area contributed by atoms with Crippen LogP contribution in [-0.2, 0) is 21.2 Å². The highest BCUT2D eigenvalue weighted by Gasteiger charge is 2.09. The number of pyridine rings is 1. The quantitative estimate of drug-likeness (QED) is 0.695. The fraction of sp³-hybridized carbons (Fsp3) is 0.455. The van der Waals surface area contributed by atoms with Crippen LogP contribution in [-0.4, -0.2) is 36.9 Å². The van der Waals surface area contributed by atoms with Crippen molar-refractivity contribution in [2.45, 2.75) is 13.5 Å². The van der Waals surface area contributed by atoms with Crippen molar-refractivity contribution >= 4 is 21.4 Å². The number of hydrogen-bond donors (Lipinski definition) is 2. The zero-order valence-corrected chi connectivity index (χ0v) is 11.4. The molecule has 0 aliphatic heterocycles. The van der Waals surface area contributed by atoms with Crippen LogP contribution >= 0.6 is 0 Å². The van der Waals surface area contributed by atoms with E-state index >= 15 is 0 Å². The number of hydrogen-bond acceptors (Lipinski definition) is 5. The standard InChI is InChI=1S/C11H17N3O4S/c1-2-19(17,18)6-5-13-10(15)8-14-7-9(12)3-4-11(14)16/h3-4,7H,2,5-6,8,12H2,1H3,(H,13,15). The average molecular weight is 287 g/mol. The Balaban J connectivity index is 2.52. The van der Waals surface area contributed by atoms with E-state index in [1.807, 2.05) is 0 Å². The summed E-state index contributed by atoms with van der Waals surface area (Å²) in [7, 11) is -3.11. The van der Waals surface area contributed by atoms with Crippen molar-refractivity contribution in [2.75, 3.05) is 23.8 Å². The second-order valence-electron chi connectivity index (χ2n) is 4.01. The van der Waals surface area contributed by atoms with Crippen molar-refractivity contribution < 1.29 is 13.2 Å². The molecule has 0 fully saturated rings. The van der Waals surface area contributed by atoms with E-state index < -0.39 is 15.7 Å². The molecule has 1 rings (SSSR count). The Bertz CT molecular complexity index is 607. The number of carbonyl (C=O) groups is 1. The highest BCUT2D eigenvalue weighted by Crippen LogP contribution is 1.95. The number of sulfone groups is 1. The van der Waals surface area contributed by atoms with E-state index in [1.54, 1.807) is 6.92 Å². The van der Waals surface area contributed by atoms with Crippen molar-refractivity contribution in [3.8, 4) is 0 Å². The third-order valence-corrected chi connectivity index (χ3v) is 4.20. The average Bonchev–Trinajstić information content (AvgIpc) is 2.33. The lowest BCUT2D eigenvalue weighted by molar-refractivity contribution is -0.121. The number of carbonyl (C=O) groups excluding carboxylic acids is 1. The van der Waals surface area contributed by atoms with Gasteiger partial charge in [0.25, 0.3) is 5.56 Å². The molecule has 0 saturated heterocycles. The maximum Gasteiger partial charge on any atom is 0.251 e. The first-order valence-corrected chi connectivity index (χ1v) is 7.59. The van der Waals surface area contributed by atoms with Gasteiger partial charge in [0.2, 0.25) is 5.91 Å². The summed E-state index contributed by atoms with van der Waals surface area (Å²) in [5.74, 6) is -0.502. The number of amides is 1. The molecule has 1 amide bonds. The Morgan fingerprint density at radius 3 is 2.74 bits per heavy atom. The molecule has 0 radical (unpaired) electrons. The largest absolute Gasteiger partial charge is 0.398 e. The molecular weight excluding hydrogens is 270 g/mol. The maximum atomic E-state index is 11.5. The van der Waals surface area contributed by atoms with Gasteiger partial charge in [0.05, 0.1) is 5.75 Å². The highest BCUT2D eigenvalue weighted by molar-refractivity contribution is 7.91. The lowest BCUT2D eigenvalue weighted by atomic mass is 10.4. The Labute approximate surface area is 111 Å². The molecular formula is C11H17N3O4S. The molecule has 0 unspecified atom stereocenters. The summed E-state index contributed by atoms with van der Waals surface area (Å²) in [6, 6.07) is 2.72. The molecule has 3 N–H and O–H groups in total. The summed E-state index contributed by atoms with van der Waals surface area (Å²) >= 11 is 0. The summed E-state index contributed by atoms with van der Waals surface area (Å²) in [5.41, 5.74) is 5.54. The minimum Gasteiger partial charge on any atom is -0.398 e. The topological polar surface area (TPSA) is 111 Å². The van der Waals surface area contributed by atoms with Gasteiger partial charge in [-0.3, -0.25) is 9.59 Å². The molecule has 106 valence electrons. The molecule has 0 bridgehead atoms. The van der Waals surface area contributed by atoms with Crippen LogP contribution in [0.3, 0.4) is 0 Å². The first kappa shape index (κ1) is 15.2. The Hall–Kier alpha value is -1.83. The van der Waals surface area contributed by atoms with Crippen LogP contribution in [0.25, 0.3) is 0 Å². The van der Waals surface area contributed by atoms with Crippen molar-refractivity contribution in [2.24, 2.45) is 0 Å². The van der Waals surface area contributed by atoms with Crippen LogP contribution in [0.5, 0.6) is 0 Å². The first-order valence-electron chi connectivity index (χ1n) is 5.77. The normalized spacial score (nSPS) is 11.2. The summed E-state index contributed by atoms with van der Waals surface area (Å²) in [5, 5.41) is 2.45. The molecule has 1 aromatic rings. The molecule has 0 aromatic carbocycles. The van der Waals surface area contributed by atoms with Crippen molar-refractivity contribution in [3.05, 3.63) is 28.7 Å². The van der Waals surface area contributed by atoms with E-state index in [-0.39, 0.29) is 30.2 Å². The number of nitrogen functional groups attached to an aromatic ring is 1. The van der Waals surface area contributed by atoms with Crippen LogP contribution in [0.1, 0.15) is 6.92 Å². The van der Waals surface area contributed by atoms with E-state index in [0.29, 0.717) is 5.69 Å². The molecule has 0 atom stereocenters. The third-order valence-electron chi connectivity index (χ3n) is 2.50. The van der Waals surface area contributed by atoms with E-state index in [1.165, 1.54) is 22.9 Å². The van der Waals surface area contributed by atoms with Crippen LogP contribution in [0, 0.1) is 0 Å². The SMILES string of the molecule is CCS(=O)(=O)CCNC(=O)Cn1cc(N)ccc1=O. The summed E-state index contributed by atoms with van der Waals surface area (Å²) < 4.78 is 23.6. The third kappa shape index (κ3) is 5.12. The number of rotatable bonds is 6. The number of nitrogens with one attached hydrogen (secondary N) is 1.